The average Bonchev–Trinajstić information content (AvgIpc) is 2.89. The van der Waals surface area contributed by atoms with Crippen LogP contribution in [-0.4, -0.2) is 58.6 Å². The van der Waals surface area contributed by atoms with Gasteiger partial charge in [-0.1, -0.05) is 0 Å². The quantitative estimate of drug-likeness (QED) is 0.919. The predicted molar refractivity (Wildman–Crippen MR) is 79.4 cm³/mol. The van der Waals surface area contributed by atoms with Crippen LogP contribution in [0.1, 0.15) is 25.8 Å². The molecule has 0 saturated carbocycles. The number of hydrogen-bond acceptors (Lipinski definition) is 6. The molecule has 0 bridgehead atoms. The van der Waals surface area contributed by atoms with E-state index in [1.807, 2.05) is 26.2 Å². The fourth-order valence-electron chi connectivity index (χ4n) is 2.16. The van der Waals surface area contributed by atoms with Gasteiger partial charge in [0, 0.05) is 24.5 Å². The molecular weight excluding hydrogens is 292 g/mol. The second-order valence-electron chi connectivity index (χ2n) is 6.01. The molecule has 0 spiro atoms. The van der Waals surface area contributed by atoms with Crippen LogP contribution in [0.4, 0.5) is 4.79 Å². The Hall–Kier alpha value is -1.18. The molecule has 0 aromatic carbocycles. The highest BCUT2D eigenvalue weighted by atomic mass is 32.1. The monoisotopic (exact) mass is 314 g/mol. The summed E-state index contributed by atoms with van der Waals surface area (Å²) in [4.78, 5) is 18.0. The van der Waals surface area contributed by atoms with Crippen molar-refractivity contribution in [3.05, 3.63) is 16.6 Å². The fraction of sp³-hybridized carbons (Fsp3) is 0.714. The van der Waals surface area contributed by atoms with E-state index >= 15 is 0 Å². The van der Waals surface area contributed by atoms with Crippen molar-refractivity contribution in [3.8, 4) is 0 Å². The van der Waals surface area contributed by atoms with E-state index in [0.29, 0.717) is 26.2 Å². The Labute approximate surface area is 128 Å². The first-order valence-corrected chi connectivity index (χ1v) is 7.88. The first-order chi connectivity index (χ1) is 9.87. The molecule has 118 valence electrons. The minimum Gasteiger partial charge on any atom is -0.444 e. The average molecular weight is 314 g/mol. The van der Waals surface area contributed by atoms with E-state index in [9.17, 15) is 9.90 Å². The summed E-state index contributed by atoms with van der Waals surface area (Å²) < 4.78 is 10.8. The summed E-state index contributed by atoms with van der Waals surface area (Å²) in [6.07, 6.45) is 0.985. The Bertz CT molecular complexity index is 458. The lowest BCUT2D eigenvalue weighted by molar-refractivity contribution is -0.0660. The zero-order valence-electron chi connectivity index (χ0n) is 12.6. The number of carbonyl (C=O) groups excluding carboxylic acids is 1. The molecule has 1 N–H and O–H groups in total. The predicted octanol–water partition coefficient (Wildman–Crippen LogP) is 1.68. The van der Waals surface area contributed by atoms with E-state index in [1.54, 1.807) is 11.1 Å². The van der Waals surface area contributed by atoms with Gasteiger partial charge in [0.05, 0.1) is 30.4 Å². The van der Waals surface area contributed by atoms with Crippen molar-refractivity contribution in [1.82, 2.24) is 9.88 Å². The molecule has 0 aliphatic carbocycles. The van der Waals surface area contributed by atoms with Crippen molar-refractivity contribution >= 4 is 17.4 Å². The third kappa shape index (κ3) is 4.66. The molecule has 21 heavy (non-hydrogen) atoms. The van der Waals surface area contributed by atoms with Gasteiger partial charge in [0.1, 0.15) is 5.60 Å². The molecule has 1 aromatic heterocycles. The Balaban J connectivity index is 2.02. The van der Waals surface area contributed by atoms with E-state index < -0.39 is 23.8 Å². The number of hydrogen-bond donors (Lipinski definition) is 1. The summed E-state index contributed by atoms with van der Waals surface area (Å²) in [7, 11) is 0. The SMILES string of the molecule is CC(C)(C)OC(=O)N1CCOCC1C(O)Cc1nccs1. The molecular formula is C14H22N2O4S. The van der Waals surface area contributed by atoms with Crippen molar-refractivity contribution in [2.24, 2.45) is 0 Å². The van der Waals surface area contributed by atoms with Crippen molar-refractivity contribution in [3.63, 3.8) is 0 Å². The highest BCUT2D eigenvalue weighted by molar-refractivity contribution is 7.09. The Morgan fingerprint density at radius 3 is 3.05 bits per heavy atom. The summed E-state index contributed by atoms with van der Waals surface area (Å²) in [5, 5.41) is 13.1. The van der Waals surface area contributed by atoms with Gasteiger partial charge in [-0.3, -0.25) is 4.90 Å². The summed E-state index contributed by atoms with van der Waals surface area (Å²) in [5.74, 6) is 0. The first kappa shape index (κ1) is 16.2. The minimum atomic E-state index is -0.719. The number of aliphatic hydroxyl groups excluding tert-OH is 1. The number of ether oxygens (including phenoxy) is 2. The van der Waals surface area contributed by atoms with Gasteiger partial charge in [-0.05, 0) is 20.8 Å². The van der Waals surface area contributed by atoms with Crippen molar-refractivity contribution in [2.75, 3.05) is 19.8 Å². The number of rotatable bonds is 3. The molecule has 1 aromatic rings. The molecule has 1 aliphatic rings. The van der Waals surface area contributed by atoms with Crippen LogP contribution in [0.15, 0.2) is 11.6 Å². The van der Waals surface area contributed by atoms with Crippen LogP contribution in [0, 0.1) is 0 Å². The van der Waals surface area contributed by atoms with Gasteiger partial charge in [0.15, 0.2) is 0 Å². The summed E-state index contributed by atoms with van der Waals surface area (Å²) >= 11 is 1.49. The van der Waals surface area contributed by atoms with Crippen LogP contribution in [-0.2, 0) is 15.9 Å². The van der Waals surface area contributed by atoms with Gasteiger partial charge in [0.2, 0.25) is 0 Å². The third-order valence-electron chi connectivity index (χ3n) is 3.10. The van der Waals surface area contributed by atoms with E-state index in [4.69, 9.17) is 9.47 Å². The maximum atomic E-state index is 12.3. The largest absolute Gasteiger partial charge is 0.444 e. The topological polar surface area (TPSA) is 71.9 Å². The number of carbonyl (C=O) groups is 1. The number of nitrogens with zero attached hydrogens (tertiary/aromatic N) is 2. The van der Waals surface area contributed by atoms with Gasteiger partial charge in [-0.15, -0.1) is 11.3 Å². The number of amides is 1. The third-order valence-corrected chi connectivity index (χ3v) is 3.91. The molecule has 1 aliphatic heterocycles. The van der Waals surface area contributed by atoms with Crippen LogP contribution >= 0.6 is 11.3 Å². The van der Waals surface area contributed by atoms with Gasteiger partial charge in [0.25, 0.3) is 0 Å². The molecule has 2 heterocycles. The summed E-state index contributed by atoms with van der Waals surface area (Å²) in [6, 6.07) is -0.405. The standard InChI is InChI=1S/C14H22N2O4S/c1-14(2,3)20-13(18)16-5-6-19-9-10(16)11(17)8-12-15-4-7-21-12/h4,7,10-11,17H,5-6,8-9H2,1-3H3. The highest BCUT2D eigenvalue weighted by Crippen LogP contribution is 2.19. The lowest BCUT2D eigenvalue weighted by Crippen LogP contribution is -2.55. The Morgan fingerprint density at radius 2 is 2.43 bits per heavy atom. The Morgan fingerprint density at radius 1 is 1.67 bits per heavy atom. The maximum absolute atomic E-state index is 12.3. The highest BCUT2D eigenvalue weighted by Gasteiger charge is 2.35. The zero-order chi connectivity index (χ0) is 15.5. The van der Waals surface area contributed by atoms with E-state index in [0.717, 1.165) is 5.01 Å². The molecule has 7 heteroatoms. The molecule has 1 saturated heterocycles. The normalized spacial score (nSPS) is 21.1. The first-order valence-electron chi connectivity index (χ1n) is 7.00. The van der Waals surface area contributed by atoms with Gasteiger partial charge in [-0.2, -0.15) is 0 Å². The maximum Gasteiger partial charge on any atom is 0.410 e. The number of morpholine rings is 1. The van der Waals surface area contributed by atoms with Gasteiger partial charge < -0.3 is 14.6 Å². The van der Waals surface area contributed by atoms with Gasteiger partial charge >= 0.3 is 6.09 Å². The second kappa shape index (κ2) is 6.72. The van der Waals surface area contributed by atoms with Crippen molar-refractivity contribution < 1.29 is 19.4 Å². The second-order valence-corrected chi connectivity index (χ2v) is 6.99. The van der Waals surface area contributed by atoms with Crippen LogP contribution in [0.2, 0.25) is 0 Å². The van der Waals surface area contributed by atoms with Crippen molar-refractivity contribution in [2.45, 2.75) is 44.9 Å². The number of thiazole rings is 1. The Kier molecular flexibility index (Phi) is 5.18. The molecule has 2 atom stereocenters. The zero-order valence-corrected chi connectivity index (χ0v) is 13.4. The smallest absolute Gasteiger partial charge is 0.410 e. The van der Waals surface area contributed by atoms with E-state index in [2.05, 4.69) is 4.98 Å². The lowest BCUT2D eigenvalue weighted by atomic mass is 10.1. The fourth-order valence-corrected chi connectivity index (χ4v) is 2.83. The van der Waals surface area contributed by atoms with E-state index in [-0.39, 0.29) is 0 Å². The lowest BCUT2D eigenvalue weighted by Gasteiger charge is -2.38. The number of aliphatic hydroxyl groups is 1. The molecule has 6 nitrogen and oxygen atoms in total. The minimum absolute atomic E-state index is 0.311. The molecule has 0 radical (unpaired) electrons. The molecule has 2 rings (SSSR count). The van der Waals surface area contributed by atoms with Crippen LogP contribution in [0.5, 0.6) is 0 Å². The van der Waals surface area contributed by atoms with Crippen LogP contribution in [0.25, 0.3) is 0 Å². The molecule has 2 unspecified atom stereocenters. The summed E-state index contributed by atoms with van der Waals surface area (Å²) in [5.41, 5.74) is -0.555. The summed E-state index contributed by atoms with van der Waals surface area (Å²) in [6.45, 7) is 6.67. The van der Waals surface area contributed by atoms with Gasteiger partial charge in [-0.25, -0.2) is 9.78 Å². The molecule has 1 fully saturated rings. The van der Waals surface area contributed by atoms with Crippen LogP contribution < -0.4 is 0 Å². The van der Waals surface area contributed by atoms with E-state index in [1.165, 1.54) is 11.3 Å². The van der Waals surface area contributed by atoms with Crippen molar-refractivity contribution in [1.29, 1.82) is 0 Å². The number of aromatic nitrogens is 1. The van der Waals surface area contributed by atoms with Crippen LogP contribution in [0.3, 0.4) is 0 Å². The molecule has 1 amide bonds.